The van der Waals surface area contributed by atoms with Crippen LogP contribution in [0.25, 0.3) is 0 Å². The predicted octanol–water partition coefficient (Wildman–Crippen LogP) is 8.85. The Balaban J connectivity index is 4.50. The van der Waals surface area contributed by atoms with E-state index < -0.39 is 51.0 Å². The van der Waals surface area contributed by atoms with Crippen molar-refractivity contribution in [2.75, 3.05) is 0 Å². The molecule has 0 amide bonds. The van der Waals surface area contributed by atoms with Gasteiger partial charge in [-0.3, -0.25) is 0 Å². The molecular formula is C28H63Si8. The molecule has 0 aromatic heterocycles. The second kappa shape index (κ2) is 11.1. The molecule has 0 fully saturated rings. The third kappa shape index (κ3) is 6.30. The molecule has 1 rings (SSSR count). The summed E-state index contributed by atoms with van der Waals surface area (Å²) in [5.41, 5.74) is 3.56. The Morgan fingerprint density at radius 2 is 0.944 bits per heavy atom. The van der Waals surface area contributed by atoms with E-state index in [0.29, 0.717) is 0 Å². The highest BCUT2D eigenvalue weighted by Crippen LogP contribution is 2.41. The third-order valence-corrected chi connectivity index (χ3v) is 152. The minimum Gasteiger partial charge on any atom is -0.0717 e. The van der Waals surface area contributed by atoms with Crippen LogP contribution >= 0.6 is 0 Å². The number of hydrogen-bond acceptors (Lipinski definition) is 0. The van der Waals surface area contributed by atoms with Gasteiger partial charge in [0.15, 0.2) is 0 Å². The molecule has 1 aromatic rings. The van der Waals surface area contributed by atoms with E-state index in [0.717, 1.165) is 11.1 Å². The zero-order valence-electron chi connectivity index (χ0n) is 28.0. The fraction of sp³-hybridized carbons (Fsp3) is 0.786. The molecule has 8 heteroatoms. The summed E-state index contributed by atoms with van der Waals surface area (Å²) in [5, 5.41) is 1.85. The van der Waals surface area contributed by atoms with Crippen LogP contribution in [0, 0.1) is 0 Å². The van der Waals surface area contributed by atoms with Crippen molar-refractivity contribution >= 4 is 64.3 Å². The number of rotatable bonds is 9. The average molecular weight is 625 g/mol. The molecule has 1 aromatic carbocycles. The maximum absolute atomic E-state index is 2.82. The molecule has 1 radical (unpaired) electrons. The smallest absolute Gasteiger partial charge is 0.0560 e. The normalized spacial score (nSPS) is 15.8. The van der Waals surface area contributed by atoms with E-state index in [2.05, 4.69) is 151 Å². The van der Waals surface area contributed by atoms with Crippen molar-refractivity contribution in [3.8, 4) is 0 Å². The minimum atomic E-state index is -1.55. The van der Waals surface area contributed by atoms with Crippen LogP contribution in [0.15, 0.2) is 24.3 Å². The second-order valence-corrected chi connectivity index (χ2v) is 91.1. The highest BCUT2D eigenvalue weighted by molar-refractivity contribution is 7.96. The molecule has 36 heavy (non-hydrogen) atoms. The Morgan fingerprint density at radius 3 is 1.17 bits per heavy atom. The molecule has 0 atom stereocenters. The van der Waals surface area contributed by atoms with Crippen LogP contribution < -0.4 is 5.19 Å². The standard InChI is InChI=1S/C28H63Si8/c1-24(2)35(31(8,9)10,32(11,12)13)29-30(27-22-20-26(21-23-27)28(5,6)7)36(25(3)4,33(14,15)16)34(17,18)19/h20-25H,1-19H3. The van der Waals surface area contributed by atoms with E-state index in [4.69, 9.17) is 0 Å². The topological polar surface area (TPSA) is 0 Å². The Bertz CT molecular complexity index is 881. The van der Waals surface area contributed by atoms with Crippen molar-refractivity contribution in [2.24, 2.45) is 0 Å². The summed E-state index contributed by atoms with van der Waals surface area (Å²) in [6.07, 6.45) is 0. The van der Waals surface area contributed by atoms with E-state index in [1.54, 1.807) is 0 Å². The van der Waals surface area contributed by atoms with Crippen molar-refractivity contribution in [1.29, 1.82) is 0 Å². The molecule has 207 valence electrons. The van der Waals surface area contributed by atoms with E-state index in [-0.39, 0.29) is 5.41 Å². The number of benzene rings is 1. The van der Waals surface area contributed by atoms with Gasteiger partial charge in [0.25, 0.3) is 0 Å². The van der Waals surface area contributed by atoms with Gasteiger partial charge in [-0.1, -0.05) is 168 Å². The lowest BCUT2D eigenvalue weighted by Crippen LogP contribution is -2.84. The summed E-state index contributed by atoms with van der Waals surface area (Å²) in [4.78, 5) is 0. The summed E-state index contributed by atoms with van der Waals surface area (Å²) >= 11 is 0. The lowest BCUT2D eigenvalue weighted by molar-refractivity contribution is 0.590. The quantitative estimate of drug-likeness (QED) is 0.241. The van der Waals surface area contributed by atoms with Gasteiger partial charge in [-0.05, 0) is 19.1 Å². The zero-order chi connectivity index (χ0) is 28.9. The van der Waals surface area contributed by atoms with Gasteiger partial charge in [-0.25, -0.2) is 0 Å². The molecule has 0 saturated heterocycles. The molecule has 0 heterocycles. The van der Waals surface area contributed by atoms with Crippen LogP contribution in [0.4, 0.5) is 0 Å². The Kier molecular flexibility index (Phi) is 10.8. The predicted molar refractivity (Wildman–Crippen MR) is 191 cm³/mol. The molecular weight excluding hydrogens is 561 g/mol. The van der Waals surface area contributed by atoms with E-state index in [9.17, 15) is 0 Å². The van der Waals surface area contributed by atoms with Gasteiger partial charge in [0.1, 0.15) is 0 Å². The third-order valence-electron chi connectivity index (χ3n) is 9.22. The molecule has 0 aliphatic carbocycles. The fourth-order valence-corrected chi connectivity index (χ4v) is 223. The van der Waals surface area contributed by atoms with E-state index in [1.165, 1.54) is 13.7 Å². The highest BCUT2D eigenvalue weighted by atomic mass is 30.1. The van der Waals surface area contributed by atoms with Crippen LogP contribution in [0.2, 0.25) is 89.6 Å². The van der Waals surface area contributed by atoms with Gasteiger partial charge < -0.3 is 0 Å². The summed E-state index contributed by atoms with van der Waals surface area (Å²) in [6.45, 7) is 48.6. The lowest BCUT2D eigenvalue weighted by atomic mass is 9.87. The molecule has 0 N–H and O–H groups in total. The van der Waals surface area contributed by atoms with Gasteiger partial charge >= 0.3 is 0 Å². The molecule has 0 saturated carbocycles. The van der Waals surface area contributed by atoms with Crippen LogP contribution in [-0.4, -0.2) is 59.2 Å². The van der Waals surface area contributed by atoms with Gasteiger partial charge in [-0.2, -0.15) is 0 Å². The Labute approximate surface area is 236 Å². The zero-order valence-corrected chi connectivity index (χ0v) is 36.0. The Hall–Kier alpha value is 0.955. The molecule has 0 aliphatic heterocycles. The van der Waals surface area contributed by atoms with Crippen molar-refractivity contribution in [3.05, 3.63) is 29.8 Å². The van der Waals surface area contributed by atoms with Crippen molar-refractivity contribution in [3.63, 3.8) is 0 Å². The summed E-state index contributed by atoms with van der Waals surface area (Å²) in [7, 11) is -4.71. The summed E-state index contributed by atoms with van der Waals surface area (Å²) < 4.78 is 0. The molecule has 0 nitrogen and oxygen atoms in total. The van der Waals surface area contributed by atoms with Crippen LogP contribution in [0.3, 0.4) is 0 Å². The van der Waals surface area contributed by atoms with Gasteiger partial charge in [-0.15, -0.1) is 0 Å². The van der Waals surface area contributed by atoms with Crippen molar-refractivity contribution < 1.29 is 0 Å². The summed E-state index contributed by atoms with van der Waals surface area (Å²) in [5.74, 6) is 0. The first-order valence-corrected chi connectivity index (χ1v) is 42.1. The largest absolute Gasteiger partial charge is 0.0717 e. The van der Waals surface area contributed by atoms with Crippen LogP contribution in [0.1, 0.15) is 54.0 Å². The van der Waals surface area contributed by atoms with Gasteiger partial charge in [0, 0.05) is 37.8 Å². The van der Waals surface area contributed by atoms with E-state index >= 15 is 0 Å². The first-order valence-electron chi connectivity index (χ1n) is 14.5. The number of hydrogen-bond donors (Lipinski definition) is 0. The molecule has 0 aliphatic rings. The van der Waals surface area contributed by atoms with Crippen LogP contribution in [0.5, 0.6) is 0 Å². The summed E-state index contributed by atoms with van der Waals surface area (Å²) in [6, 6.07) is 10.4. The molecule has 0 spiro atoms. The Morgan fingerprint density at radius 1 is 0.583 bits per heavy atom. The lowest BCUT2D eigenvalue weighted by Gasteiger charge is -2.58. The minimum absolute atomic E-state index is 0.227. The second-order valence-electron chi connectivity index (χ2n) is 17.3. The maximum atomic E-state index is 2.82. The van der Waals surface area contributed by atoms with Crippen LogP contribution in [-0.2, 0) is 5.41 Å². The SMILES string of the molecule is CC(C)[Si]([Si]=[Si](c1ccc(C(C)(C)C)cc1)[Si](C(C)C)([Si](C)(C)C)[Si](C)(C)C)([Si](C)(C)C)[Si](C)(C)C. The van der Waals surface area contributed by atoms with E-state index in [1.807, 2.05) is 5.19 Å². The van der Waals surface area contributed by atoms with Gasteiger partial charge in [0.05, 0.1) is 13.3 Å². The first kappa shape index (κ1) is 35.0. The highest BCUT2D eigenvalue weighted by Gasteiger charge is 2.61. The monoisotopic (exact) mass is 623 g/mol. The van der Waals surface area contributed by atoms with Gasteiger partial charge in [0.2, 0.25) is 0 Å². The fourth-order valence-electron chi connectivity index (χ4n) is 9.00. The van der Waals surface area contributed by atoms with Crippen molar-refractivity contribution in [1.82, 2.24) is 0 Å². The first-order chi connectivity index (χ1) is 15.7. The molecule has 0 bridgehead atoms. The average Bonchev–Trinajstić information content (AvgIpc) is 2.59. The molecule has 0 unspecified atom stereocenters. The van der Waals surface area contributed by atoms with Crippen molar-refractivity contribution in [2.45, 2.75) is 144 Å². The maximum Gasteiger partial charge on any atom is 0.0560 e.